The Kier molecular flexibility index (Phi) is 10.6. The van der Waals surface area contributed by atoms with Gasteiger partial charge in [0, 0.05) is 33.2 Å². The third kappa shape index (κ3) is 11.1. The van der Waals surface area contributed by atoms with Gasteiger partial charge in [-0.1, -0.05) is 6.92 Å². The van der Waals surface area contributed by atoms with Gasteiger partial charge >= 0.3 is 0 Å². The van der Waals surface area contributed by atoms with Gasteiger partial charge in [-0.3, -0.25) is 9.59 Å². The zero-order valence-corrected chi connectivity index (χ0v) is 10.7. The van der Waals surface area contributed by atoms with Gasteiger partial charge in [-0.15, -0.1) is 0 Å². The van der Waals surface area contributed by atoms with Gasteiger partial charge in [0.2, 0.25) is 11.8 Å². The Bertz CT molecular complexity index is 222. The Morgan fingerprint density at radius 2 is 1.82 bits per heavy atom. The van der Waals surface area contributed by atoms with E-state index < -0.39 is 0 Å². The van der Waals surface area contributed by atoms with E-state index in [1.807, 2.05) is 6.92 Å². The molecule has 0 fully saturated rings. The molecule has 17 heavy (non-hydrogen) atoms. The summed E-state index contributed by atoms with van der Waals surface area (Å²) in [4.78, 5) is 22.3. The van der Waals surface area contributed by atoms with Crippen LogP contribution in [0.3, 0.4) is 0 Å². The minimum Gasteiger partial charge on any atom is -0.383 e. The van der Waals surface area contributed by atoms with Gasteiger partial charge in [-0.2, -0.15) is 0 Å². The van der Waals surface area contributed by atoms with Gasteiger partial charge in [-0.05, 0) is 6.42 Å². The molecule has 3 N–H and O–H groups in total. The first-order valence-electron chi connectivity index (χ1n) is 5.93. The maximum Gasteiger partial charge on any atom is 0.239 e. The van der Waals surface area contributed by atoms with E-state index in [0.717, 1.165) is 13.0 Å². The standard InChI is InChI=1S/C11H23N3O3/c1-3-4-10(15)14-9-11(16)13-6-5-12-7-8-17-2/h12H,3-9H2,1-2H3,(H,13,16)(H,14,15). The predicted octanol–water partition coefficient (Wildman–Crippen LogP) is -0.745. The molecule has 0 rings (SSSR count). The van der Waals surface area contributed by atoms with Gasteiger partial charge in [0.1, 0.15) is 0 Å². The molecule has 0 aromatic carbocycles. The van der Waals surface area contributed by atoms with Crippen LogP contribution in [0.5, 0.6) is 0 Å². The molecule has 0 heterocycles. The molecule has 6 nitrogen and oxygen atoms in total. The third-order valence-corrected chi connectivity index (χ3v) is 2.03. The van der Waals surface area contributed by atoms with E-state index in [9.17, 15) is 9.59 Å². The van der Waals surface area contributed by atoms with Crippen LogP contribution in [0.1, 0.15) is 19.8 Å². The molecule has 100 valence electrons. The van der Waals surface area contributed by atoms with E-state index in [1.54, 1.807) is 7.11 Å². The molecule has 0 aliphatic rings. The summed E-state index contributed by atoms with van der Waals surface area (Å²) in [5.74, 6) is -0.246. The fraction of sp³-hybridized carbons (Fsp3) is 0.818. The van der Waals surface area contributed by atoms with E-state index in [1.165, 1.54) is 0 Å². The summed E-state index contributed by atoms with van der Waals surface area (Å²) in [6.07, 6.45) is 1.25. The summed E-state index contributed by atoms with van der Waals surface area (Å²) in [6, 6.07) is 0. The molecular formula is C11H23N3O3. The van der Waals surface area contributed by atoms with Crippen LogP contribution in [-0.4, -0.2) is 51.7 Å². The fourth-order valence-corrected chi connectivity index (χ4v) is 1.15. The van der Waals surface area contributed by atoms with Crippen LogP contribution in [-0.2, 0) is 14.3 Å². The van der Waals surface area contributed by atoms with Gasteiger partial charge in [-0.25, -0.2) is 0 Å². The highest BCUT2D eigenvalue weighted by molar-refractivity contribution is 5.84. The zero-order chi connectivity index (χ0) is 12.9. The topological polar surface area (TPSA) is 79.5 Å². The van der Waals surface area contributed by atoms with Crippen LogP contribution >= 0.6 is 0 Å². The van der Waals surface area contributed by atoms with Crippen molar-refractivity contribution in [1.29, 1.82) is 0 Å². The molecule has 0 aliphatic heterocycles. The van der Waals surface area contributed by atoms with Gasteiger partial charge in [0.05, 0.1) is 13.2 Å². The lowest BCUT2D eigenvalue weighted by atomic mass is 10.3. The number of nitrogens with one attached hydrogen (secondary N) is 3. The summed E-state index contributed by atoms with van der Waals surface area (Å²) >= 11 is 0. The normalized spacial score (nSPS) is 10.0. The SMILES string of the molecule is CCCC(=O)NCC(=O)NCCNCCOC. The number of carbonyl (C=O) groups is 2. The van der Waals surface area contributed by atoms with Gasteiger partial charge in [0.15, 0.2) is 0 Å². The van der Waals surface area contributed by atoms with Crippen molar-refractivity contribution in [3.05, 3.63) is 0 Å². The summed E-state index contributed by atoms with van der Waals surface area (Å²) in [6.45, 7) is 4.63. The summed E-state index contributed by atoms with van der Waals surface area (Å²) in [7, 11) is 1.64. The third-order valence-electron chi connectivity index (χ3n) is 2.03. The number of carbonyl (C=O) groups excluding carboxylic acids is 2. The molecule has 2 amide bonds. The van der Waals surface area contributed by atoms with E-state index in [0.29, 0.717) is 26.1 Å². The van der Waals surface area contributed by atoms with Crippen molar-refractivity contribution in [1.82, 2.24) is 16.0 Å². The van der Waals surface area contributed by atoms with Crippen molar-refractivity contribution in [2.24, 2.45) is 0 Å². The predicted molar refractivity (Wildman–Crippen MR) is 65.7 cm³/mol. The van der Waals surface area contributed by atoms with Crippen molar-refractivity contribution in [3.63, 3.8) is 0 Å². The van der Waals surface area contributed by atoms with Gasteiger partial charge < -0.3 is 20.7 Å². The largest absolute Gasteiger partial charge is 0.383 e. The first kappa shape index (κ1) is 15.9. The monoisotopic (exact) mass is 245 g/mol. The highest BCUT2D eigenvalue weighted by atomic mass is 16.5. The van der Waals surface area contributed by atoms with Crippen LogP contribution in [0.4, 0.5) is 0 Å². The Morgan fingerprint density at radius 1 is 1.06 bits per heavy atom. The highest BCUT2D eigenvalue weighted by Gasteiger charge is 2.03. The molecule has 0 spiro atoms. The molecule has 0 aromatic rings. The van der Waals surface area contributed by atoms with E-state index in [-0.39, 0.29) is 18.4 Å². The fourth-order valence-electron chi connectivity index (χ4n) is 1.15. The smallest absolute Gasteiger partial charge is 0.239 e. The Hall–Kier alpha value is -1.14. The Balaban J connectivity index is 3.31. The van der Waals surface area contributed by atoms with Crippen molar-refractivity contribution in [2.45, 2.75) is 19.8 Å². The van der Waals surface area contributed by atoms with Crippen LogP contribution in [0.2, 0.25) is 0 Å². The van der Waals surface area contributed by atoms with Crippen molar-refractivity contribution in [3.8, 4) is 0 Å². The average molecular weight is 245 g/mol. The van der Waals surface area contributed by atoms with Crippen LogP contribution in [0, 0.1) is 0 Å². The highest BCUT2D eigenvalue weighted by Crippen LogP contribution is 1.84. The summed E-state index contributed by atoms with van der Waals surface area (Å²) in [5, 5.41) is 8.35. The maximum absolute atomic E-state index is 11.3. The summed E-state index contributed by atoms with van der Waals surface area (Å²) in [5.41, 5.74) is 0. The number of rotatable bonds is 10. The minimum atomic E-state index is -0.164. The molecule has 0 aromatic heterocycles. The molecule has 0 saturated heterocycles. The van der Waals surface area contributed by atoms with Crippen LogP contribution < -0.4 is 16.0 Å². The first-order valence-corrected chi connectivity index (χ1v) is 5.93. The van der Waals surface area contributed by atoms with Crippen molar-refractivity contribution >= 4 is 11.8 Å². The zero-order valence-electron chi connectivity index (χ0n) is 10.7. The number of hydrogen-bond donors (Lipinski definition) is 3. The van der Waals surface area contributed by atoms with E-state index >= 15 is 0 Å². The molecule has 0 aliphatic carbocycles. The lowest BCUT2D eigenvalue weighted by molar-refractivity contribution is -0.126. The van der Waals surface area contributed by atoms with E-state index in [4.69, 9.17) is 4.74 Å². The molecule has 0 radical (unpaired) electrons. The molecule has 0 unspecified atom stereocenters. The molecule has 0 bridgehead atoms. The lowest BCUT2D eigenvalue weighted by Crippen LogP contribution is -2.39. The number of methoxy groups -OCH3 is 1. The summed E-state index contributed by atoms with van der Waals surface area (Å²) < 4.78 is 4.86. The van der Waals surface area contributed by atoms with Crippen molar-refractivity contribution in [2.75, 3.05) is 39.9 Å². The molecule has 0 atom stereocenters. The van der Waals surface area contributed by atoms with Crippen LogP contribution in [0.25, 0.3) is 0 Å². The number of hydrogen-bond acceptors (Lipinski definition) is 4. The number of amides is 2. The molecule has 6 heteroatoms. The van der Waals surface area contributed by atoms with Gasteiger partial charge in [0.25, 0.3) is 0 Å². The van der Waals surface area contributed by atoms with Crippen molar-refractivity contribution < 1.29 is 14.3 Å². The lowest BCUT2D eigenvalue weighted by Gasteiger charge is -2.07. The quantitative estimate of drug-likeness (QED) is 0.443. The van der Waals surface area contributed by atoms with Crippen LogP contribution in [0.15, 0.2) is 0 Å². The second kappa shape index (κ2) is 11.3. The maximum atomic E-state index is 11.3. The second-order valence-electron chi connectivity index (χ2n) is 3.62. The molecule has 0 saturated carbocycles. The minimum absolute atomic E-state index is 0.0525. The van der Waals surface area contributed by atoms with E-state index in [2.05, 4.69) is 16.0 Å². The second-order valence-corrected chi connectivity index (χ2v) is 3.62. The number of ether oxygens (including phenoxy) is 1. The first-order chi connectivity index (χ1) is 8.20. The molecular weight excluding hydrogens is 222 g/mol. The average Bonchev–Trinajstić information content (AvgIpc) is 2.31. The Labute approximate surface area is 102 Å². The Morgan fingerprint density at radius 3 is 2.47 bits per heavy atom.